The van der Waals surface area contributed by atoms with Crippen LogP contribution in [0.1, 0.15) is 6.92 Å². The van der Waals surface area contributed by atoms with E-state index in [9.17, 15) is 0 Å². The predicted octanol–water partition coefficient (Wildman–Crippen LogP) is -0.181. The average Bonchev–Trinajstić information content (AvgIpc) is 2.17. The van der Waals surface area contributed by atoms with Crippen molar-refractivity contribution >= 4 is 0 Å². The molecule has 1 saturated heterocycles. The summed E-state index contributed by atoms with van der Waals surface area (Å²) >= 11 is 0. The van der Waals surface area contributed by atoms with Crippen molar-refractivity contribution in [3.63, 3.8) is 0 Å². The Morgan fingerprint density at radius 2 is 2.54 bits per heavy atom. The van der Waals surface area contributed by atoms with E-state index in [2.05, 4.69) is 23.2 Å². The van der Waals surface area contributed by atoms with E-state index in [1.165, 1.54) is 0 Å². The van der Waals surface area contributed by atoms with E-state index >= 15 is 0 Å². The zero-order valence-electron chi connectivity index (χ0n) is 8.29. The molecule has 1 fully saturated rings. The number of nitriles is 1. The Morgan fingerprint density at radius 3 is 3.08 bits per heavy atom. The molecule has 2 atom stereocenters. The summed E-state index contributed by atoms with van der Waals surface area (Å²) in [5.41, 5.74) is 0. The highest BCUT2D eigenvalue weighted by atomic mass is 16.5. The molecule has 0 radical (unpaired) electrons. The summed E-state index contributed by atoms with van der Waals surface area (Å²) in [7, 11) is 1.82. The molecule has 4 nitrogen and oxygen atoms in total. The molecule has 1 heterocycles. The van der Waals surface area contributed by atoms with Gasteiger partial charge in [-0.3, -0.25) is 4.90 Å². The highest BCUT2D eigenvalue weighted by molar-refractivity contribution is 4.92. The first-order chi connectivity index (χ1) is 6.27. The van der Waals surface area contributed by atoms with Crippen molar-refractivity contribution in [3.8, 4) is 6.07 Å². The van der Waals surface area contributed by atoms with Crippen LogP contribution in [0.5, 0.6) is 0 Å². The standard InChI is InChI=1S/C9H17N3O/c1-8-7-13-4-3-12(8)6-9(5-10)11-2/h8-9,11H,3-4,6-7H2,1-2H3. The molecule has 0 amide bonds. The number of likely N-dealkylation sites (N-methyl/N-ethyl adjacent to an activating group) is 1. The molecular formula is C9H17N3O. The first-order valence-corrected chi connectivity index (χ1v) is 4.66. The summed E-state index contributed by atoms with van der Waals surface area (Å²) in [6.45, 7) is 5.41. The van der Waals surface area contributed by atoms with Crippen molar-refractivity contribution < 1.29 is 4.74 Å². The largest absolute Gasteiger partial charge is 0.379 e. The fourth-order valence-electron chi connectivity index (χ4n) is 1.46. The minimum atomic E-state index is -0.0689. The molecule has 0 bridgehead atoms. The van der Waals surface area contributed by atoms with Crippen molar-refractivity contribution in [1.82, 2.24) is 10.2 Å². The molecule has 1 N–H and O–H groups in total. The van der Waals surface area contributed by atoms with Crippen molar-refractivity contribution in [2.45, 2.75) is 19.0 Å². The molecule has 0 aromatic rings. The van der Waals surface area contributed by atoms with Crippen molar-refractivity contribution in [3.05, 3.63) is 0 Å². The highest BCUT2D eigenvalue weighted by Gasteiger charge is 2.21. The fraction of sp³-hybridized carbons (Fsp3) is 0.889. The lowest BCUT2D eigenvalue weighted by atomic mass is 10.2. The van der Waals surface area contributed by atoms with Crippen molar-refractivity contribution in [2.75, 3.05) is 33.4 Å². The number of rotatable bonds is 3. The lowest BCUT2D eigenvalue weighted by Crippen LogP contribution is -2.49. The Labute approximate surface area is 79.5 Å². The Morgan fingerprint density at radius 1 is 1.77 bits per heavy atom. The van der Waals surface area contributed by atoms with Gasteiger partial charge >= 0.3 is 0 Å². The van der Waals surface area contributed by atoms with E-state index in [1.807, 2.05) is 7.05 Å². The monoisotopic (exact) mass is 183 g/mol. The van der Waals surface area contributed by atoms with Crippen LogP contribution < -0.4 is 5.32 Å². The summed E-state index contributed by atoms with van der Waals surface area (Å²) < 4.78 is 5.32. The normalized spacial score (nSPS) is 26.7. The van der Waals surface area contributed by atoms with Gasteiger partial charge in [-0.15, -0.1) is 0 Å². The average molecular weight is 183 g/mol. The second kappa shape index (κ2) is 5.18. The van der Waals surface area contributed by atoms with Gasteiger partial charge < -0.3 is 10.1 Å². The predicted molar refractivity (Wildman–Crippen MR) is 50.3 cm³/mol. The Balaban J connectivity index is 2.37. The molecule has 13 heavy (non-hydrogen) atoms. The topological polar surface area (TPSA) is 48.3 Å². The van der Waals surface area contributed by atoms with Crippen LogP contribution in [0, 0.1) is 11.3 Å². The number of hydrogen-bond donors (Lipinski definition) is 1. The third-order valence-corrected chi connectivity index (χ3v) is 2.43. The lowest BCUT2D eigenvalue weighted by Gasteiger charge is -2.34. The zero-order chi connectivity index (χ0) is 9.68. The minimum Gasteiger partial charge on any atom is -0.379 e. The minimum absolute atomic E-state index is 0.0689. The second-order valence-electron chi connectivity index (χ2n) is 3.39. The van der Waals surface area contributed by atoms with E-state index in [0.717, 1.165) is 26.3 Å². The molecule has 0 aliphatic carbocycles. The molecule has 1 aliphatic heterocycles. The quantitative estimate of drug-likeness (QED) is 0.659. The van der Waals surface area contributed by atoms with Crippen LogP contribution >= 0.6 is 0 Å². The molecule has 2 unspecified atom stereocenters. The van der Waals surface area contributed by atoms with Gasteiger partial charge in [-0.1, -0.05) is 0 Å². The van der Waals surface area contributed by atoms with Crippen LogP contribution in [0.3, 0.4) is 0 Å². The Bertz CT molecular complexity index is 190. The smallest absolute Gasteiger partial charge is 0.108 e. The van der Waals surface area contributed by atoms with Gasteiger partial charge in [0, 0.05) is 19.1 Å². The van der Waals surface area contributed by atoms with Crippen LogP contribution in [0.25, 0.3) is 0 Å². The van der Waals surface area contributed by atoms with Crippen LogP contribution in [-0.2, 0) is 4.74 Å². The van der Waals surface area contributed by atoms with Gasteiger partial charge in [0.25, 0.3) is 0 Å². The van der Waals surface area contributed by atoms with E-state index in [1.54, 1.807) is 0 Å². The Hall–Kier alpha value is -0.630. The summed E-state index contributed by atoms with van der Waals surface area (Å²) in [5.74, 6) is 0. The zero-order valence-corrected chi connectivity index (χ0v) is 8.29. The summed E-state index contributed by atoms with van der Waals surface area (Å²) in [6, 6.07) is 2.59. The second-order valence-corrected chi connectivity index (χ2v) is 3.39. The van der Waals surface area contributed by atoms with E-state index in [4.69, 9.17) is 10.00 Å². The van der Waals surface area contributed by atoms with Crippen LogP contribution in [0.4, 0.5) is 0 Å². The van der Waals surface area contributed by atoms with Gasteiger partial charge in [-0.05, 0) is 14.0 Å². The number of nitrogens with one attached hydrogen (secondary N) is 1. The molecule has 1 rings (SSSR count). The third-order valence-electron chi connectivity index (χ3n) is 2.43. The van der Waals surface area contributed by atoms with Gasteiger partial charge in [0.1, 0.15) is 6.04 Å². The number of hydrogen-bond acceptors (Lipinski definition) is 4. The number of nitrogens with zero attached hydrogens (tertiary/aromatic N) is 2. The van der Waals surface area contributed by atoms with Crippen molar-refractivity contribution in [1.29, 1.82) is 5.26 Å². The van der Waals surface area contributed by atoms with Gasteiger partial charge in [0.05, 0.1) is 19.3 Å². The molecule has 74 valence electrons. The van der Waals surface area contributed by atoms with Crippen molar-refractivity contribution in [2.24, 2.45) is 0 Å². The summed E-state index contributed by atoms with van der Waals surface area (Å²) in [4.78, 5) is 2.29. The Kier molecular flexibility index (Phi) is 4.16. The molecule has 0 saturated carbocycles. The number of ether oxygens (including phenoxy) is 1. The maximum absolute atomic E-state index is 8.77. The van der Waals surface area contributed by atoms with Gasteiger partial charge in [0.2, 0.25) is 0 Å². The van der Waals surface area contributed by atoms with Crippen LogP contribution in [0.15, 0.2) is 0 Å². The van der Waals surface area contributed by atoms with Gasteiger partial charge in [0.15, 0.2) is 0 Å². The first-order valence-electron chi connectivity index (χ1n) is 4.66. The number of morpholine rings is 1. The molecule has 0 aromatic carbocycles. The molecular weight excluding hydrogens is 166 g/mol. The van der Waals surface area contributed by atoms with E-state index in [0.29, 0.717) is 6.04 Å². The van der Waals surface area contributed by atoms with Crippen LogP contribution in [0.2, 0.25) is 0 Å². The first kappa shape index (κ1) is 10.5. The van der Waals surface area contributed by atoms with Gasteiger partial charge in [-0.2, -0.15) is 5.26 Å². The molecule has 4 heteroatoms. The SMILES string of the molecule is CNC(C#N)CN1CCOCC1C. The lowest BCUT2D eigenvalue weighted by molar-refractivity contribution is -0.00182. The maximum atomic E-state index is 8.77. The molecule has 0 spiro atoms. The van der Waals surface area contributed by atoms with Gasteiger partial charge in [-0.25, -0.2) is 0 Å². The van der Waals surface area contributed by atoms with Crippen LogP contribution in [-0.4, -0.2) is 50.3 Å². The summed E-state index contributed by atoms with van der Waals surface area (Å²) in [5, 5.41) is 11.7. The van der Waals surface area contributed by atoms with E-state index in [-0.39, 0.29) is 6.04 Å². The fourth-order valence-corrected chi connectivity index (χ4v) is 1.46. The highest BCUT2D eigenvalue weighted by Crippen LogP contribution is 2.06. The third kappa shape index (κ3) is 2.96. The van der Waals surface area contributed by atoms with E-state index < -0.39 is 0 Å². The molecule has 0 aromatic heterocycles. The summed E-state index contributed by atoms with van der Waals surface area (Å²) in [6.07, 6.45) is 0. The maximum Gasteiger partial charge on any atom is 0.108 e. The molecule has 1 aliphatic rings.